The quantitative estimate of drug-likeness (QED) is 0.712. The van der Waals surface area contributed by atoms with Crippen LogP contribution in [0.5, 0.6) is 17.2 Å². The summed E-state index contributed by atoms with van der Waals surface area (Å²) < 4.78 is 85.9. The van der Waals surface area contributed by atoms with Gasteiger partial charge in [-0.1, -0.05) is 18.2 Å². The van der Waals surface area contributed by atoms with Gasteiger partial charge in [-0.2, -0.15) is 22.0 Å². The van der Waals surface area contributed by atoms with Crippen LogP contribution in [0.25, 0.3) is 11.1 Å². The van der Waals surface area contributed by atoms with Gasteiger partial charge >= 0.3 is 17.7 Å². The van der Waals surface area contributed by atoms with Gasteiger partial charge in [0.1, 0.15) is 5.75 Å². The van der Waals surface area contributed by atoms with Gasteiger partial charge in [0, 0.05) is 0 Å². The molecular weight excluding hydrogens is 378 g/mol. The third-order valence-corrected chi connectivity index (χ3v) is 4.74. The number of benzene rings is 2. The predicted molar refractivity (Wildman–Crippen MR) is 83.8 cm³/mol. The highest BCUT2D eigenvalue weighted by Crippen LogP contribution is 2.68. The van der Waals surface area contributed by atoms with Gasteiger partial charge in [0.15, 0.2) is 11.5 Å². The zero-order valence-electron chi connectivity index (χ0n) is 14.0. The number of phenols is 2. The molecule has 2 atom stereocenters. The lowest BCUT2D eigenvalue weighted by molar-refractivity contribution is -0.480. The first-order chi connectivity index (χ1) is 12.3. The molecule has 0 bridgehead atoms. The maximum atomic E-state index is 14.4. The van der Waals surface area contributed by atoms with E-state index in [4.69, 9.17) is 0 Å². The van der Waals surface area contributed by atoms with Gasteiger partial charge in [-0.25, -0.2) is 4.39 Å². The van der Waals surface area contributed by atoms with Crippen LogP contribution in [-0.2, 0) is 0 Å². The molecule has 0 amide bonds. The molecule has 1 aliphatic rings. The van der Waals surface area contributed by atoms with Gasteiger partial charge in [-0.15, -0.1) is 0 Å². The van der Waals surface area contributed by atoms with Gasteiger partial charge in [-0.3, -0.25) is 0 Å². The Hall–Kier alpha value is -2.58. The molecule has 0 saturated heterocycles. The molecule has 3 nitrogen and oxygen atoms in total. The number of hydrogen-bond acceptors (Lipinski definition) is 3. The Morgan fingerprint density at radius 3 is 1.78 bits per heavy atom. The van der Waals surface area contributed by atoms with Gasteiger partial charge in [0.05, 0.1) is 0 Å². The summed E-state index contributed by atoms with van der Waals surface area (Å²) in [7, 11) is 0. The van der Waals surface area contributed by atoms with Crippen molar-refractivity contribution >= 4 is 0 Å². The van der Waals surface area contributed by atoms with E-state index in [0.29, 0.717) is 11.1 Å². The Balaban J connectivity index is 1.95. The van der Waals surface area contributed by atoms with E-state index in [1.54, 1.807) is 19.1 Å². The molecule has 0 radical (unpaired) electrons. The molecular formula is C18H14F6O3. The summed E-state index contributed by atoms with van der Waals surface area (Å²) in [5, 5.41) is 19.6. The minimum absolute atomic E-state index is 0.0368. The van der Waals surface area contributed by atoms with Crippen molar-refractivity contribution in [2.45, 2.75) is 37.2 Å². The topological polar surface area (TPSA) is 49.7 Å². The molecule has 2 N–H and O–H groups in total. The van der Waals surface area contributed by atoms with Crippen molar-refractivity contribution in [2.75, 3.05) is 0 Å². The Morgan fingerprint density at radius 1 is 0.778 bits per heavy atom. The lowest BCUT2D eigenvalue weighted by atomic mass is 9.69. The van der Waals surface area contributed by atoms with Crippen molar-refractivity contribution in [1.29, 1.82) is 0 Å². The molecule has 1 aliphatic carbocycles. The number of ether oxygens (including phenoxy) is 1. The lowest BCUT2D eigenvalue weighted by Gasteiger charge is -2.55. The Labute approximate surface area is 149 Å². The van der Waals surface area contributed by atoms with Crippen molar-refractivity contribution in [2.24, 2.45) is 0 Å². The molecule has 3 rings (SSSR count). The van der Waals surface area contributed by atoms with E-state index in [-0.39, 0.29) is 18.2 Å². The first kappa shape index (κ1) is 19.2. The van der Waals surface area contributed by atoms with Crippen LogP contribution in [0.3, 0.4) is 0 Å². The van der Waals surface area contributed by atoms with E-state index in [9.17, 15) is 36.6 Å². The number of aryl methyl sites for hydroxylation is 1. The molecule has 9 heteroatoms. The third kappa shape index (κ3) is 2.30. The molecule has 0 spiro atoms. The number of aromatic hydroxyl groups is 2. The molecule has 0 aliphatic heterocycles. The molecule has 2 aromatic rings. The maximum absolute atomic E-state index is 14.4. The highest BCUT2D eigenvalue weighted by Gasteiger charge is 2.98. The number of alkyl halides is 6. The highest BCUT2D eigenvalue weighted by molar-refractivity contribution is 5.69. The van der Waals surface area contributed by atoms with E-state index in [1.807, 2.05) is 0 Å². The van der Waals surface area contributed by atoms with E-state index in [1.165, 1.54) is 12.1 Å². The Bertz CT molecular complexity index is 892. The number of halogens is 6. The molecule has 27 heavy (non-hydrogen) atoms. The fourth-order valence-electron chi connectivity index (χ4n) is 2.81. The maximum Gasteiger partial charge on any atom is 0.385 e. The van der Waals surface area contributed by atoms with Crippen LogP contribution >= 0.6 is 0 Å². The molecule has 1 saturated carbocycles. The van der Waals surface area contributed by atoms with Crippen LogP contribution in [0.4, 0.5) is 26.3 Å². The normalized spacial score (nSPS) is 28.4. The second kappa shape index (κ2) is 5.46. The SMILES string of the molecule is Cc1ccc(-c2ccc(OC3(F)C(C)(F)C(F)(F)C3(F)F)c(O)c2)cc1O. The summed E-state index contributed by atoms with van der Waals surface area (Å²) in [5.41, 5.74) is -3.02. The summed E-state index contributed by atoms with van der Waals surface area (Å²) in [6.07, 6.45) is 0. The van der Waals surface area contributed by atoms with Crippen molar-refractivity contribution in [3.05, 3.63) is 42.0 Å². The summed E-state index contributed by atoms with van der Waals surface area (Å²) in [6, 6.07) is 7.54. The van der Waals surface area contributed by atoms with Gasteiger partial charge in [0.25, 0.3) is 5.67 Å². The van der Waals surface area contributed by atoms with Gasteiger partial charge in [-0.05, 0) is 48.7 Å². The van der Waals surface area contributed by atoms with Crippen LogP contribution in [-0.4, -0.2) is 33.6 Å². The first-order valence-electron chi connectivity index (χ1n) is 7.72. The second-order valence-corrected chi connectivity index (χ2v) is 6.53. The van der Waals surface area contributed by atoms with Crippen molar-refractivity contribution in [3.63, 3.8) is 0 Å². The largest absolute Gasteiger partial charge is 0.508 e. The van der Waals surface area contributed by atoms with Gasteiger partial charge < -0.3 is 14.9 Å². The fraction of sp³-hybridized carbons (Fsp3) is 0.333. The monoisotopic (exact) mass is 392 g/mol. The van der Waals surface area contributed by atoms with Crippen molar-refractivity contribution < 1.29 is 41.3 Å². The van der Waals surface area contributed by atoms with Crippen LogP contribution in [0, 0.1) is 6.92 Å². The van der Waals surface area contributed by atoms with E-state index < -0.39 is 34.9 Å². The van der Waals surface area contributed by atoms with Crippen LogP contribution in [0.1, 0.15) is 12.5 Å². The summed E-state index contributed by atoms with van der Waals surface area (Å²) >= 11 is 0. The molecule has 1 fully saturated rings. The third-order valence-electron chi connectivity index (χ3n) is 4.74. The zero-order chi connectivity index (χ0) is 20.4. The molecule has 146 valence electrons. The van der Waals surface area contributed by atoms with E-state index in [2.05, 4.69) is 4.74 Å². The molecule has 2 aromatic carbocycles. The number of hydrogen-bond donors (Lipinski definition) is 2. The summed E-state index contributed by atoms with van der Waals surface area (Å²) in [6.45, 7) is 1.61. The average molecular weight is 392 g/mol. The average Bonchev–Trinajstić information content (AvgIpc) is 2.57. The Kier molecular flexibility index (Phi) is 3.88. The smallest absolute Gasteiger partial charge is 0.385 e. The summed E-state index contributed by atoms with van der Waals surface area (Å²) in [4.78, 5) is 0. The van der Waals surface area contributed by atoms with Crippen molar-refractivity contribution in [1.82, 2.24) is 0 Å². The first-order valence-corrected chi connectivity index (χ1v) is 7.72. The predicted octanol–water partition coefficient (Wildman–Crippen LogP) is 5.13. The highest BCUT2D eigenvalue weighted by atomic mass is 19.3. The minimum Gasteiger partial charge on any atom is -0.508 e. The lowest BCUT2D eigenvalue weighted by Crippen LogP contribution is -2.86. The Morgan fingerprint density at radius 2 is 1.30 bits per heavy atom. The summed E-state index contributed by atoms with van der Waals surface area (Å²) in [5.74, 6) is -17.2. The second-order valence-electron chi connectivity index (χ2n) is 6.53. The fourth-order valence-corrected chi connectivity index (χ4v) is 2.81. The minimum atomic E-state index is -5.43. The molecule has 2 unspecified atom stereocenters. The van der Waals surface area contributed by atoms with E-state index >= 15 is 0 Å². The van der Waals surface area contributed by atoms with Crippen molar-refractivity contribution in [3.8, 4) is 28.4 Å². The molecule has 0 heterocycles. The number of rotatable bonds is 3. The standard InChI is InChI=1S/C18H14F6O3/c1-9-3-4-10(7-12(9)25)11-5-6-14(13(26)8-11)27-18(24)15(2,19)16(20,21)17(18,22)23/h3-8,25-26H,1-2H3. The van der Waals surface area contributed by atoms with Crippen LogP contribution in [0.15, 0.2) is 36.4 Å². The van der Waals surface area contributed by atoms with Gasteiger partial charge in [0.2, 0.25) is 0 Å². The molecule has 0 aromatic heterocycles. The van der Waals surface area contributed by atoms with E-state index in [0.717, 1.165) is 12.1 Å². The van der Waals surface area contributed by atoms with Crippen LogP contribution < -0.4 is 4.74 Å². The number of phenolic OH excluding ortho intramolecular Hbond substituents is 2. The van der Waals surface area contributed by atoms with Crippen LogP contribution in [0.2, 0.25) is 0 Å². The zero-order valence-corrected chi connectivity index (χ0v) is 14.0.